The Morgan fingerprint density at radius 3 is 2.04 bits per heavy atom. The number of rotatable bonds is 15. The van der Waals surface area contributed by atoms with Crippen LogP contribution in [0, 0.1) is 0 Å². The van der Waals surface area contributed by atoms with Gasteiger partial charge in [-0.15, -0.1) is 0 Å². The van der Waals surface area contributed by atoms with Crippen molar-refractivity contribution in [2.24, 2.45) is 0 Å². The predicted octanol–water partition coefficient (Wildman–Crippen LogP) is 5.31. The number of carbonyl (C=O) groups is 2. The Labute approximate surface area is 141 Å². The Bertz CT molecular complexity index is 323. The van der Waals surface area contributed by atoms with Crippen molar-refractivity contribution in [2.45, 2.75) is 90.9 Å². The summed E-state index contributed by atoms with van der Waals surface area (Å²) in [5.74, 6) is -0.725. The van der Waals surface area contributed by atoms with Gasteiger partial charge in [0.1, 0.15) is 0 Å². The first-order valence-electron chi connectivity index (χ1n) is 9.20. The molecule has 0 aromatic rings. The number of carbonyl (C=O) groups excluding carboxylic acids is 2. The monoisotopic (exact) mass is 326 g/mol. The minimum atomic E-state index is -0.384. The molecular formula is C19H34O4. The lowest BCUT2D eigenvalue weighted by Gasteiger charge is -2.02. The van der Waals surface area contributed by atoms with Crippen LogP contribution in [0.2, 0.25) is 0 Å². The molecule has 4 nitrogen and oxygen atoms in total. The van der Waals surface area contributed by atoms with Crippen LogP contribution in [0.3, 0.4) is 0 Å². The molecule has 134 valence electrons. The molecular weight excluding hydrogens is 292 g/mol. The molecule has 0 rings (SSSR count). The van der Waals surface area contributed by atoms with Gasteiger partial charge in [-0.1, -0.05) is 58.8 Å². The molecule has 0 aliphatic rings. The van der Waals surface area contributed by atoms with E-state index in [9.17, 15) is 9.59 Å². The topological polar surface area (TPSA) is 52.6 Å². The lowest BCUT2D eigenvalue weighted by atomic mass is 10.1. The average molecular weight is 326 g/mol. The number of ether oxygens (including phenoxy) is 2. The Morgan fingerprint density at radius 1 is 0.783 bits per heavy atom. The molecule has 0 heterocycles. The van der Waals surface area contributed by atoms with E-state index < -0.39 is 0 Å². The Balaban J connectivity index is 3.38. The maximum atomic E-state index is 11.4. The van der Waals surface area contributed by atoms with E-state index in [2.05, 4.69) is 6.92 Å². The maximum absolute atomic E-state index is 11.4. The van der Waals surface area contributed by atoms with Crippen LogP contribution in [0.5, 0.6) is 0 Å². The number of allylic oxidation sites excluding steroid dienone is 1. The predicted molar refractivity (Wildman–Crippen MR) is 92.9 cm³/mol. The smallest absolute Gasteiger partial charge is 0.311 e. The first-order chi connectivity index (χ1) is 11.2. The number of unbranched alkanes of at least 4 members (excludes halogenated alkanes) is 8. The largest absolute Gasteiger partial charge is 0.466 e. The lowest BCUT2D eigenvalue weighted by molar-refractivity contribution is -0.148. The summed E-state index contributed by atoms with van der Waals surface area (Å²) >= 11 is 0. The van der Waals surface area contributed by atoms with Gasteiger partial charge in [-0.2, -0.15) is 0 Å². The van der Waals surface area contributed by atoms with Gasteiger partial charge < -0.3 is 9.47 Å². The highest BCUT2D eigenvalue weighted by atomic mass is 16.5. The lowest BCUT2D eigenvalue weighted by Crippen LogP contribution is -2.09. The summed E-state index contributed by atoms with van der Waals surface area (Å²) in [6.45, 7) is 4.57. The summed E-state index contributed by atoms with van der Waals surface area (Å²) in [7, 11) is 0. The Kier molecular flexibility index (Phi) is 16.1. The van der Waals surface area contributed by atoms with Crippen LogP contribution in [0.15, 0.2) is 12.3 Å². The zero-order valence-corrected chi connectivity index (χ0v) is 15.0. The maximum Gasteiger partial charge on any atom is 0.311 e. The van der Waals surface area contributed by atoms with Crippen LogP contribution < -0.4 is 0 Å². The van der Waals surface area contributed by atoms with Gasteiger partial charge in [-0.3, -0.25) is 9.59 Å². The molecule has 0 N–H and O–H groups in total. The average Bonchev–Trinajstić information content (AvgIpc) is 2.56. The normalized spacial score (nSPS) is 10.9. The van der Waals surface area contributed by atoms with Gasteiger partial charge in [0, 0.05) is 0 Å². The summed E-state index contributed by atoms with van der Waals surface area (Å²) in [4.78, 5) is 22.6. The third-order valence-electron chi connectivity index (χ3n) is 3.52. The van der Waals surface area contributed by atoms with E-state index in [1.54, 1.807) is 0 Å². The van der Waals surface area contributed by atoms with Crippen molar-refractivity contribution >= 4 is 11.9 Å². The van der Waals surface area contributed by atoms with Crippen molar-refractivity contribution in [1.29, 1.82) is 0 Å². The molecule has 23 heavy (non-hydrogen) atoms. The third kappa shape index (κ3) is 16.9. The highest BCUT2D eigenvalue weighted by molar-refractivity contribution is 5.77. The minimum absolute atomic E-state index is 0.0741. The number of hydrogen-bond acceptors (Lipinski definition) is 4. The molecule has 0 saturated carbocycles. The summed E-state index contributed by atoms with van der Waals surface area (Å²) in [5, 5.41) is 0. The van der Waals surface area contributed by atoms with Crippen LogP contribution in [0.25, 0.3) is 0 Å². The van der Waals surface area contributed by atoms with Crippen LogP contribution in [-0.2, 0) is 19.1 Å². The van der Waals surface area contributed by atoms with Crippen molar-refractivity contribution in [3.63, 3.8) is 0 Å². The molecule has 0 radical (unpaired) electrons. The van der Waals surface area contributed by atoms with Crippen molar-refractivity contribution < 1.29 is 19.1 Å². The van der Waals surface area contributed by atoms with Gasteiger partial charge >= 0.3 is 11.9 Å². The summed E-state index contributed by atoms with van der Waals surface area (Å²) in [6.07, 6.45) is 15.5. The summed E-state index contributed by atoms with van der Waals surface area (Å²) in [5.41, 5.74) is 0. The molecule has 4 heteroatoms. The Hall–Kier alpha value is -1.32. The van der Waals surface area contributed by atoms with E-state index >= 15 is 0 Å². The van der Waals surface area contributed by atoms with Crippen LogP contribution in [0.4, 0.5) is 0 Å². The molecule has 0 saturated heterocycles. The van der Waals surface area contributed by atoms with Crippen LogP contribution in [-0.4, -0.2) is 18.5 Å². The fourth-order valence-corrected chi connectivity index (χ4v) is 2.14. The number of esters is 2. The van der Waals surface area contributed by atoms with Gasteiger partial charge in [-0.05, 0) is 25.3 Å². The van der Waals surface area contributed by atoms with Gasteiger partial charge in [0.2, 0.25) is 0 Å². The molecule has 0 unspecified atom stereocenters. The second-order valence-corrected chi connectivity index (χ2v) is 5.85. The van der Waals surface area contributed by atoms with Crippen LogP contribution in [0.1, 0.15) is 90.9 Å². The standard InChI is InChI=1S/C19H34O4/c1-3-5-6-7-8-9-10-11-12-13-17-23-19(21)15-14-18(20)22-16-4-2/h13,17H,3-12,14-16H2,1-2H3. The zero-order chi connectivity index (χ0) is 17.2. The SMILES string of the molecule is CCCCCCCCCCC=COC(=O)CCC(=O)OCCC. The molecule has 0 aliphatic carbocycles. The highest BCUT2D eigenvalue weighted by Gasteiger charge is 2.07. The van der Waals surface area contributed by atoms with Crippen molar-refractivity contribution in [1.82, 2.24) is 0 Å². The summed E-state index contributed by atoms with van der Waals surface area (Å²) < 4.78 is 9.83. The second-order valence-electron chi connectivity index (χ2n) is 5.85. The first-order valence-corrected chi connectivity index (χ1v) is 9.20. The van der Waals surface area contributed by atoms with Gasteiger partial charge in [0.15, 0.2) is 0 Å². The quantitative estimate of drug-likeness (QED) is 0.232. The first kappa shape index (κ1) is 21.7. The molecule has 0 fully saturated rings. The van der Waals surface area contributed by atoms with Crippen molar-refractivity contribution in [3.8, 4) is 0 Å². The van der Waals surface area contributed by atoms with E-state index in [-0.39, 0.29) is 24.8 Å². The molecule has 0 aromatic heterocycles. The van der Waals surface area contributed by atoms with Crippen molar-refractivity contribution in [2.75, 3.05) is 6.61 Å². The molecule has 0 aromatic carbocycles. The molecule has 0 spiro atoms. The van der Waals surface area contributed by atoms with Gasteiger partial charge in [0.25, 0.3) is 0 Å². The molecule has 0 aliphatic heterocycles. The van der Waals surface area contributed by atoms with Gasteiger partial charge in [0.05, 0.1) is 25.7 Å². The second kappa shape index (κ2) is 17.0. The zero-order valence-electron chi connectivity index (χ0n) is 15.0. The molecule has 0 bridgehead atoms. The third-order valence-corrected chi connectivity index (χ3v) is 3.52. The molecule has 0 amide bonds. The fourth-order valence-electron chi connectivity index (χ4n) is 2.14. The van der Waals surface area contributed by atoms with E-state index in [4.69, 9.17) is 9.47 Å². The van der Waals surface area contributed by atoms with Crippen molar-refractivity contribution in [3.05, 3.63) is 12.3 Å². The van der Waals surface area contributed by atoms with Crippen LogP contribution >= 0.6 is 0 Å². The molecule has 0 atom stereocenters. The minimum Gasteiger partial charge on any atom is -0.466 e. The van der Waals surface area contributed by atoms with E-state index in [1.807, 2.05) is 13.0 Å². The van der Waals surface area contributed by atoms with E-state index in [0.717, 1.165) is 19.3 Å². The van der Waals surface area contributed by atoms with Gasteiger partial charge in [-0.25, -0.2) is 0 Å². The summed E-state index contributed by atoms with van der Waals surface area (Å²) in [6, 6.07) is 0. The Morgan fingerprint density at radius 2 is 1.39 bits per heavy atom. The van der Waals surface area contributed by atoms with E-state index in [0.29, 0.717) is 6.61 Å². The van der Waals surface area contributed by atoms with E-state index in [1.165, 1.54) is 51.2 Å². The number of hydrogen-bond donors (Lipinski definition) is 0. The fraction of sp³-hybridized carbons (Fsp3) is 0.789. The highest BCUT2D eigenvalue weighted by Crippen LogP contribution is 2.09.